The van der Waals surface area contributed by atoms with Crippen LogP contribution in [0.25, 0.3) is 22.6 Å². The van der Waals surface area contributed by atoms with Crippen LogP contribution in [0.5, 0.6) is 5.75 Å². The van der Waals surface area contributed by atoms with E-state index in [0.717, 1.165) is 53.5 Å². The second kappa shape index (κ2) is 7.74. The quantitative estimate of drug-likeness (QED) is 0.618. The van der Waals surface area contributed by atoms with Crippen LogP contribution in [-0.2, 0) is 0 Å². The number of anilines is 1. The zero-order valence-corrected chi connectivity index (χ0v) is 16.4. The summed E-state index contributed by atoms with van der Waals surface area (Å²) >= 11 is 6.45. The van der Waals surface area contributed by atoms with Crippen molar-refractivity contribution in [3.8, 4) is 17.1 Å². The number of methoxy groups -OCH3 is 1. The molecule has 142 valence electrons. The molecule has 3 N–H and O–H groups in total. The molecule has 7 heteroatoms. The SMILES string of the molecule is COc1ccc(-c2nc3ncc(Cl)c(NCC4CCNCC4)c3[nH]2)c(C)c1. The van der Waals surface area contributed by atoms with Crippen LogP contribution in [0.4, 0.5) is 5.69 Å². The van der Waals surface area contributed by atoms with Gasteiger partial charge in [-0.05, 0) is 62.5 Å². The number of benzene rings is 1. The van der Waals surface area contributed by atoms with Gasteiger partial charge in [-0.2, -0.15) is 0 Å². The van der Waals surface area contributed by atoms with Gasteiger partial charge in [0.1, 0.15) is 17.1 Å². The van der Waals surface area contributed by atoms with E-state index in [4.69, 9.17) is 16.3 Å². The number of hydrogen-bond donors (Lipinski definition) is 3. The first kappa shape index (κ1) is 18.1. The molecule has 0 aliphatic carbocycles. The van der Waals surface area contributed by atoms with Crippen molar-refractivity contribution >= 4 is 28.5 Å². The summed E-state index contributed by atoms with van der Waals surface area (Å²) in [5.41, 5.74) is 4.50. The highest BCUT2D eigenvalue weighted by molar-refractivity contribution is 6.34. The summed E-state index contributed by atoms with van der Waals surface area (Å²) in [6, 6.07) is 5.95. The van der Waals surface area contributed by atoms with Crippen molar-refractivity contribution in [2.45, 2.75) is 19.8 Å². The van der Waals surface area contributed by atoms with Gasteiger partial charge in [0.15, 0.2) is 5.65 Å². The van der Waals surface area contributed by atoms with Gasteiger partial charge >= 0.3 is 0 Å². The molecule has 1 fully saturated rings. The first-order valence-electron chi connectivity index (χ1n) is 9.29. The third kappa shape index (κ3) is 3.73. The number of hydrogen-bond acceptors (Lipinski definition) is 5. The van der Waals surface area contributed by atoms with Gasteiger partial charge in [0.05, 0.1) is 24.0 Å². The van der Waals surface area contributed by atoms with E-state index in [9.17, 15) is 0 Å². The third-order valence-corrected chi connectivity index (χ3v) is 5.48. The molecule has 0 bridgehead atoms. The van der Waals surface area contributed by atoms with Crippen molar-refractivity contribution in [3.63, 3.8) is 0 Å². The van der Waals surface area contributed by atoms with Crippen LogP contribution in [0.2, 0.25) is 5.02 Å². The Kier molecular flexibility index (Phi) is 5.18. The lowest BCUT2D eigenvalue weighted by Gasteiger charge is -2.23. The monoisotopic (exact) mass is 385 g/mol. The Labute approximate surface area is 163 Å². The molecule has 6 nitrogen and oxygen atoms in total. The minimum absolute atomic E-state index is 0.609. The summed E-state index contributed by atoms with van der Waals surface area (Å²) in [7, 11) is 1.67. The minimum Gasteiger partial charge on any atom is -0.497 e. The zero-order chi connectivity index (χ0) is 18.8. The molecule has 0 amide bonds. The summed E-state index contributed by atoms with van der Waals surface area (Å²) in [5.74, 6) is 2.26. The molecule has 0 radical (unpaired) electrons. The molecular formula is C20H24ClN5O. The Balaban J connectivity index is 1.65. The van der Waals surface area contributed by atoms with Crippen LogP contribution in [0.3, 0.4) is 0 Å². The molecule has 2 aromatic heterocycles. The summed E-state index contributed by atoms with van der Waals surface area (Å²) < 4.78 is 5.29. The predicted molar refractivity (Wildman–Crippen MR) is 110 cm³/mol. The molecule has 3 heterocycles. The Morgan fingerprint density at radius 3 is 2.85 bits per heavy atom. The maximum Gasteiger partial charge on any atom is 0.180 e. The van der Waals surface area contributed by atoms with Crippen LogP contribution in [0.15, 0.2) is 24.4 Å². The summed E-state index contributed by atoms with van der Waals surface area (Å²) in [4.78, 5) is 12.5. The van der Waals surface area contributed by atoms with Crippen molar-refractivity contribution in [1.29, 1.82) is 0 Å². The van der Waals surface area contributed by atoms with Crippen molar-refractivity contribution in [3.05, 3.63) is 35.0 Å². The van der Waals surface area contributed by atoms with E-state index in [0.29, 0.717) is 16.6 Å². The first-order valence-corrected chi connectivity index (χ1v) is 9.67. The van der Waals surface area contributed by atoms with Crippen molar-refractivity contribution in [1.82, 2.24) is 20.3 Å². The number of aromatic amines is 1. The van der Waals surface area contributed by atoms with E-state index in [1.165, 1.54) is 12.8 Å². The van der Waals surface area contributed by atoms with E-state index >= 15 is 0 Å². The number of ether oxygens (including phenoxy) is 1. The van der Waals surface area contributed by atoms with E-state index < -0.39 is 0 Å². The van der Waals surface area contributed by atoms with E-state index in [1.54, 1.807) is 13.3 Å². The average Bonchev–Trinajstić information content (AvgIpc) is 3.12. The number of piperidine rings is 1. The highest BCUT2D eigenvalue weighted by atomic mass is 35.5. The Morgan fingerprint density at radius 1 is 1.30 bits per heavy atom. The highest BCUT2D eigenvalue weighted by Gasteiger charge is 2.17. The number of nitrogens with one attached hydrogen (secondary N) is 3. The maximum atomic E-state index is 6.45. The lowest BCUT2D eigenvalue weighted by Crippen LogP contribution is -2.31. The second-order valence-electron chi connectivity index (χ2n) is 7.02. The van der Waals surface area contributed by atoms with Crippen LogP contribution < -0.4 is 15.4 Å². The molecule has 0 unspecified atom stereocenters. The number of aromatic nitrogens is 3. The fraction of sp³-hybridized carbons (Fsp3) is 0.400. The first-order chi connectivity index (χ1) is 13.2. The second-order valence-corrected chi connectivity index (χ2v) is 7.43. The van der Waals surface area contributed by atoms with Gasteiger partial charge in [0.2, 0.25) is 0 Å². The average molecular weight is 386 g/mol. The van der Waals surface area contributed by atoms with Gasteiger partial charge in [-0.1, -0.05) is 11.6 Å². The van der Waals surface area contributed by atoms with Gasteiger partial charge in [0, 0.05) is 12.1 Å². The molecule has 1 aliphatic rings. The molecule has 1 aromatic carbocycles. The number of nitrogens with zero attached hydrogens (tertiary/aromatic N) is 2. The number of imidazole rings is 1. The van der Waals surface area contributed by atoms with Gasteiger partial charge in [0.25, 0.3) is 0 Å². The number of rotatable bonds is 5. The lowest BCUT2D eigenvalue weighted by molar-refractivity contribution is 0.390. The summed E-state index contributed by atoms with van der Waals surface area (Å²) in [5, 5.41) is 7.54. The smallest absolute Gasteiger partial charge is 0.180 e. The normalized spacial score (nSPS) is 15.2. The highest BCUT2D eigenvalue weighted by Crippen LogP contribution is 2.32. The predicted octanol–water partition coefficient (Wildman–Crippen LogP) is 4.01. The number of aryl methyl sites for hydroxylation is 1. The standard InChI is InChI=1S/C20H24ClN5O/c1-12-9-14(27-2)3-4-15(12)19-25-18-17(16(21)11-24-20(18)26-19)23-10-13-5-7-22-8-6-13/h3-4,9,11,13,22H,5-8,10H2,1-2H3,(H2,23,24,25,26). The van der Waals surface area contributed by atoms with Gasteiger partial charge < -0.3 is 20.4 Å². The maximum absolute atomic E-state index is 6.45. The Bertz CT molecular complexity index is 949. The molecule has 0 saturated carbocycles. The fourth-order valence-corrected chi connectivity index (χ4v) is 3.81. The van der Waals surface area contributed by atoms with Crippen molar-refractivity contribution in [2.75, 3.05) is 32.1 Å². The third-order valence-electron chi connectivity index (χ3n) is 5.19. The summed E-state index contributed by atoms with van der Waals surface area (Å²) in [6.07, 6.45) is 4.02. The molecule has 3 aromatic rings. The molecule has 27 heavy (non-hydrogen) atoms. The van der Waals surface area contributed by atoms with Crippen LogP contribution >= 0.6 is 11.6 Å². The fourth-order valence-electron chi connectivity index (χ4n) is 3.60. The van der Waals surface area contributed by atoms with E-state index in [1.807, 2.05) is 25.1 Å². The Morgan fingerprint density at radius 2 is 2.11 bits per heavy atom. The minimum atomic E-state index is 0.609. The molecule has 1 saturated heterocycles. The van der Waals surface area contributed by atoms with Crippen molar-refractivity contribution in [2.24, 2.45) is 5.92 Å². The van der Waals surface area contributed by atoms with Crippen LogP contribution in [-0.4, -0.2) is 41.7 Å². The Hall–Kier alpha value is -2.31. The molecule has 0 spiro atoms. The number of halogens is 1. The van der Waals surface area contributed by atoms with Crippen LogP contribution in [0.1, 0.15) is 18.4 Å². The number of H-pyrrole nitrogens is 1. The van der Waals surface area contributed by atoms with Gasteiger partial charge in [-0.3, -0.25) is 0 Å². The van der Waals surface area contributed by atoms with Crippen LogP contribution in [0, 0.1) is 12.8 Å². The van der Waals surface area contributed by atoms with E-state index in [2.05, 4.69) is 25.6 Å². The zero-order valence-electron chi connectivity index (χ0n) is 15.6. The van der Waals surface area contributed by atoms with Crippen molar-refractivity contribution < 1.29 is 4.74 Å². The number of fused-ring (bicyclic) bond motifs is 1. The largest absolute Gasteiger partial charge is 0.497 e. The number of pyridine rings is 1. The molecule has 1 aliphatic heterocycles. The molecule has 0 atom stereocenters. The van der Waals surface area contributed by atoms with Gasteiger partial charge in [-0.15, -0.1) is 0 Å². The topological polar surface area (TPSA) is 74.9 Å². The molecular weight excluding hydrogens is 362 g/mol. The van der Waals surface area contributed by atoms with Gasteiger partial charge in [-0.25, -0.2) is 9.97 Å². The molecule has 4 rings (SSSR count). The van der Waals surface area contributed by atoms with E-state index in [-0.39, 0.29) is 0 Å². The lowest BCUT2D eigenvalue weighted by atomic mass is 9.98. The summed E-state index contributed by atoms with van der Waals surface area (Å²) in [6.45, 7) is 5.10.